The molecule has 1 N–H and O–H groups in total. The molecule has 36 heavy (non-hydrogen) atoms. The minimum atomic E-state index is -0.558. The van der Waals surface area contributed by atoms with Gasteiger partial charge in [0.25, 0.3) is 0 Å². The number of carbonyl (C=O) groups excluding carboxylic acids is 1. The van der Waals surface area contributed by atoms with Crippen LogP contribution in [0.25, 0.3) is 6.08 Å². The Morgan fingerprint density at radius 2 is 1.86 bits per heavy atom. The fraction of sp³-hybridized carbons (Fsp3) is 0.606. The van der Waals surface area contributed by atoms with Crippen LogP contribution >= 0.6 is 0 Å². The van der Waals surface area contributed by atoms with E-state index in [0.717, 1.165) is 49.3 Å². The van der Waals surface area contributed by atoms with Crippen molar-refractivity contribution in [3.05, 3.63) is 59.2 Å². The average Bonchev–Trinajstić information content (AvgIpc) is 2.88. The van der Waals surface area contributed by atoms with E-state index in [4.69, 9.17) is 4.74 Å². The highest BCUT2D eigenvalue weighted by molar-refractivity contribution is 5.87. The molecular weight excluding hydrogens is 444 g/mol. The first-order chi connectivity index (χ1) is 17.7. The molecule has 3 heteroatoms. The zero-order chi connectivity index (χ0) is 25.4. The maximum Gasteiger partial charge on any atom is 0.177 e. The van der Waals surface area contributed by atoms with Gasteiger partial charge in [-0.25, -0.2) is 0 Å². The highest BCUT2D eigenvalue weighted by Crippen LogP contribution is 2.31. The number of Topliss-reactive ketones (excluding diaryl/α,β-unsaturated/α-hetero) is 1. The smallest absolute Gasteiger partial charge is 0.177 e. The second-order valence-electron chi connectivity index (χ2n) is 10.7. The topological polar surface area (TPSA) is 46.5 Å². The highest BCUT2D eigenvalue weighted by atomic mass is 16.5. The molecule has 1 aliphatic carbocycles. The van der Waals surface area contributed by atoms with Crippen molar-refractivity contribution in [1.29, 1.82) is 0 Å². The van der Waals surface area contributed by atoms with Crippen LogP contribution in [0.2, 0.25) is 0 Å². The lowest BCUT2D eigenvalue weighted by Crippen LogP contribution is -2.30. The van der Waals surface area contributed by atoms with E-state index in [1.165, 1.54) is 63.4 Å². The van der Waals surface area contributed by atoms with Gasteiger partial charge in [-0.3, -0.25) is 4.79 Å². The minimum Gasteiger partial charge on any atom is -0.482 e. The van der Waals surface area contributed by atoms with Crippen LogP contribution in [0.1, 0.15) is 115 Å². The molecule has 1 saturated carbocycles. The summed E-state index contributed by atoms with van der Waals surface area (Å²) in [7, 11) is 0. The number of ether oxygens (including phenoxy) is 1. The van der Waals surface area contributed by atoms with Crippen LogP contribution < -0.4 is 4.74 Å². The van der Waals surface area contributed by atoms with Crippen molar-refractivity contribution in [3.63, 3.8) is 0 Å². The van der Waals surface area contributed by atoms with Gasteiger partial charge < -0.3 is 9.84 Å². The third kappa shape index (κ3) is 10.1. The minimum absolute atomic E-state index is 0.0415. The molecule has 1 aromatic rings. The van der Waals surface area contributed by atoms with Crippen LogP contribution in [0.3, 0.4) is 0 Å². The fourth-order valence-corrected chi connectivity index (χ4v) is 5.64. The van der Waals surface area contributed by atoms with Gasteiger partial charge in [0.15, 0.2) is 11.9 Å². The summed E-state index contributed by atoms with van der Waals surface area (Å²) in [5.74, 6) is 1.75. The van der Waals surface area contributed by atoms with Crippen molar-refractivity contribution < 1.29 is 14.6 Å². The molecule has 1 aliphatic heterocycles. The third-order valence-electron chi connectivity index (χ3n) is 7.60. The molecule has 0 amide bonds. The summed E-state index contributed by atoms with van der Waals surface area (Å²) in [6.07, 6.45) is 27.2. The summed E-state index contributed by atoms with van der Waals surface area (Å²) in [5, 5.41) is 9.35. The van der Waals surface area contributed by atoms with Crippen molar-refractivity contribution in [2.75, 3.05) is 6.61 Å². The van der Waals surface area contributed by atoms with Crippen molar-refractivity contribution in [2.24, 2.45) is 5.92 Å². The first-order valence-corrected chi connectivity index (χ1v) is 14.6. The Labute approximate surface area is 219 Å². The number of ketones is 1. The molecular formula is C33H48O3. The van der Waals surface area contributed by atoms with Crippen molar-refractivity contribution in [2.45, 2.75) is 116 Å². The first-order valence-electron chi connectivity index (χ1n) is 14.6. The fourth-order valence-electron chi connectivity index (χ4n) is 5.64. The van der Waals surface area contributed by atoms with Crippen molar-refractivity contribution >= 4 is 11.9 Å². The monoisotopic (exact) mass is 492 g/mol. The molecule has 3 nitrogen and oxygen atoms in total. The molecule has 1 heterocycles. The van der Waals surface area contributed by atoms with Gasteiger partial charge in [-0.1, -0.05) is 99.1 Å². The van der Waals surface area contributed by atoms with Gasteiger partial charge in [-0.15, -0.1) is 0 Å². The largest absolute Gasteiger partial charge is 0.482 e. The first kappa shape index (κ1) is 28.4. The number of unbranched alkanes of at least 4 members (excludes halogenated alkanes) is 3. The number of allylic oxidation sites excluding steroid dienone is 5. The molecule has 2 aliphatic rings. The molecule has 198 valence electrons. The van der Waals surface area contributed by atoms with E-state index in [1.807, 2.05) is 24.3 Å². The average molecular weight is 493 g/mol. The molecule has 1 atom stereocenters. The van der Waals surface area contributed by atoms with E-state index >= 15 is 0 Å². The number of aliphatic hydroxyl groups excluding tert-OH is 1. The molecule has 1 aromatic carbocycles. The molecule has 1 unspecified atom stereocenters. The van der Waals surface area contributed by atoms with E-state index in [9.17, 15) is 9.90 Å². The third-order valence-corrected chi connectivity index (χ3v) is 7.60. The van der Waals surface area contributed by atoms with Crippen molar-refractivity contribution in [3.8, 4) is 5.75 Å². The Morgan fingerprint density at radius 1 is 1.06 bits per heavy atom. The number of aliphatic hydroxyl groups is 1. The van der Waals surface area contributed by atoms with Gasteiger partial charge in [-0.2, -0.15) is 0 Å². The van der Waals surface area contributed by atoms with E-state index in [2.05, 4.69) is 31.2 Å². The van der Waals surface area contributed by atoms with Crippen LogP contribution in [0.15, 0.2) is 53.6 Å². The zero-order valence-electron chi connectivity index (χ0n) is 22.6. The molecule has 0 bridgehead atoms. The van der Waals surface area contributed by atoms with Crippen LogP contribution in [0, 0.1) is 5.92 Å². The Kier molecular flexibility index (Phi) is 13.1. The summed E-state index contributed by atoms with van der Waals surface area (Å²) in [4.78, 5) is 12.7. The maximum atomic E-state index is 12.7. The standard InChI is InChI=1S/C33H48O3/c1-2-15-27(24-28-17-11-8-12-18-28)16-9-6-4-3-5-7-10-19-29-25-30-20-13-14-21-32(30)36-33(22-23-34)31(35)26-29/h3-4,13-14,16,20-21,25,28,33-34H,2,5-12,15,17-19,22-24,26H2,1H3. The van der Waals surface area contributed by atoms with Crippen LogP contribution in [0.5, 0.6) is 5.75 Å². The van der Waals surface area contributed by atoms with E-state index in [1.54, 1.807) is 5.57 Å². The van der Waals surface area contributed by atoms with Gasteiger partial charge in [0, 0.05) is 25.0 Å². The van der Waals surface area contributed by atoms with Gasteiger partial charge in [-0.05, 0) is 63.4 Å². The number of benzene rings is 1. The number of rotatable bonds is 14. The Morgan fingerprint density at radius 3 is 2.67 bits per heavy atom. The Hall–Kier alpha value is -2.13. The summed E-state index contributed by atoms with van der Waals surface area (Å²) in [6, 6.07) is 7.88. The summed E-state index contributed by atoms with van der Waals surface area (Å²) < 4.78 is 5.93. The normalized spacial score (nSPS) is 19.5. The second-order valence-corrected chi connectivity index (χ2v) is 10.7. The summed E-state index contributed by atoms with van der Waals surface area (Å²) in [6.45, 7) is 2.26. The Balaban J connectivity index is 1.39. The zero-order valence-corrected chi connectivity index (χ0v) is 22.6. The lowest BCUT2D eigenvalue weighted by atomic mass is 9.83. The van der Waals surface area contributed by atoms with Crippen LogP contribution in [-0.4, -0.2) is 23.6 Å². The highest BCUT2D eigenvalue weighted by Gasteiger charge is 2.24. The van der Waals surface area contributed by atoms with Crippen LogP contribution in [-0.2, 0) is 4.79 Å². The number of fused-ring (bicyclic) bond motifs is 1. The lowest BCUT2D eigenvalue weighted by molar-refractivity contribution is -0.125. The molecule has 0 aromatic heterocycles. The Bertz CT molecular complexity index is 873. The molecule has 1 fully saturated rings. The van der Waals surface area contributed by atoms with E-state index < -0.39 is 6.10 Å². The predicted octanol–water partition coefficient (Wildman–Crippen LogP) is 8.77. The molecule has 0 radical (unpaired) electrons. The van der Waals surface area contributed by atoms with Crippen LogP contribution in [0.4, 0.5) is 0 Å². The number of hydrogen-bond donors (Lipinski definition) is 1. The quantitative estimate of drug-likeness (QED) is 0.208. The maximum absolute atomic E-state index is 12.7. The van der Waals surface area contributed by atoms with Crippen molar-refractivity contribution in [1.82, 2.24) is 0 Å². The predicted molar refractivity (Wildman–Crippen MR) is 151 cm³/mol. The van der Waals surface area contributed by atoms with E-state index in [-0.39, 0.29) is 12.4 Å². The molecule has 0 spiro atoms. The van der Waals surface area contributed by atoms with Gasteiger partial charge in [0.2, 0.25) is 0 Å². The summed E-state index contributed by atoms with van der Waals surface area (Å²) in [5.41, 5.74) is 3.91. The van der Waals surface area contributed by atoms with Gasteiger partial charge in [0.05, 0.1) is 0 Å². The molecule has 0 saturated heterocycles. The van der Waals surface area contributed by atoms with Gasteiger partial charge >= 0.3 is 0 Å². The van der Waals surface area contributed by atoms with E-state index in [0.29, 0.717) is 12.8 Å². The SMILES string of the molecule is CCCC(=CCCC=CCCCCC1=Cc2ccccc2OC(CCO)C(=O)C1)CC1CCCCC1. The number of para-hydroxylation sites is 1. The van der Waals surface area contributed by atoms with Gasteiger partial charge in [0.1, 0.15) is 5.75 Å². The summed E-state index contributed by atoms with van der Waals surface area (Å²) >= 11 is 0. The number of hydrogen-bond acceptors (Lipinski definition) is 3. The second kappa shape index (κ2) is 16.6. The lowest BCUT2D eigenvalue weighted by Gasteiger charge is -2.22. The number of carbonyl (C=O) groups is 1. The molecule has 3 rings (SSSR count).